The maximum Gasteiger partial charge on any atom is 0.232 e. The maximum atomic E-state index is 12.2. The van der Waals surface area contributed by atoms with Crippen LogP contribution in [-0.4, -0.2) is 83.7 Å². The second-order valence-corrected chi connectivity index (χ2v) is 6.39. The summed E-state index contributed by atoms with van der Waals surface area (Å²) in [6, 6.07) is -0.0400. The van der Waals surface area contributed by atoms with Gasteiger partial charge in [0.15, 0.2) is 0 Å². The highest BCUT2D eigenvalue weighted by atomic mass is 32.2. The highest BCUT2D eigenvalue weighted by Crippen LogP contribution is 2.18. The number of morpholine rings is 1. The molecule has 1 unspecified atom stereocenters. The molecule has 21 heavy (non-hydrogen) atoms. The summed E-state index contributed by atoms with van der Waals surface area (Å²) in [6.07, 6.45) is 2.94. The third-order valence-corrected chi connectivity index (χ3v) is 4.88. The van der Waals surface area contributed by atoms with Crippen LogP contribution in [0.3, 0.4) is 0 Å². The molecule has 0 bridgehead atoms. The molecule has 6 nitrogen and oxygen atoms in total. The van der Waals surface area contributed by atoms with Crippen molar-refractivity contribution in [3.8, 4) is 0 Å². The zero-order chi connectivity index (χ0) is 15.1. The number of likely N-dealkylation sites (tertiary alicyclic amines) is 1. The van der Waals surface area contributed by atoms with Crippen LogP contribution < -0.4 is 0 Å². The van der Waals surface area contributed by atoms with Gasteiger partial charge in [-0.3, -0.25) is 9.59 Å². The number of thioether (sulfide) groups is 1. The van der Waals surface area contributed by atoms with Crippen LogP contribution >= 0.6 is 11.8 Å². The topological polar surface area (TPSA) is 70.1 Å². The smallest absolute Gasteiger partial charge is 0.232 e. The molecule has 2 aliphatic rings. The molecule has 0 saturated carbocycles. The van der Waals surface area contributed by atoms with Gasteiger partial charge in [0.2, 0.25) is 11.8 Å². The molecule has 2 aliphatic heterocycles. The van der Waals surface area contributed by atoms with Crippen LogP contribution in [0.1, 0.15) is 19.3 Å². The largest absolute Gasteiger partial charge is 0.394 e. The Labute approximate surface area is 129 Å². The first-order valence-electron chi connectivity index (χ1n) is 7.56. The molecule has 2 amide bonds. The Kier molecular flexibility index (Phi) is 6.79. The van der Waals surface area contributed by atoms with E-state index in [0.717, 1.165) is 25.8 Å². The van der Waals surface area contributed by atoms with Crippen LogP contribution in [0.4, 0.5) is 0 Å². The molecule has 0 spiro atoms. The maximum absolute atomic E-state index is 12.2. The molecular formula is C14H24N2O4S. The zero-order valence-corrected chi connectivity index (χ0v) is 13.1. The first-order valence-corrected chi connectivity index (χ1v) is 8.71. The summed E-state index contributed by atoms with van der Waals surface area (Å²) >= 11 is 1.36. The van der Waals surface area contributed by atoms with E-state index in [9.17, 15) is 14.7 Å². The highest BCUT2D eigenvalue weighted by molar-refractivity contribution is 8.00. The van der Waals surface area contributed by atoms with E-state index in [1.165, 1.54) is 11.8 Å². The Morgan fingerprint density at radius 1 is 1.10 bits per heavy atom. The van der Waals surface area contributed by atoms with Gasteiger partial charge in [-0.25, -0.2) is 0 Å². The molecule has 0 aromatic carbocycles. The van der Waals surface area contributed by atoms with Gasteiger partial charge in [-0.2, -0.15) is 0 Å². The molecule has 0 aliphatic carbocycles. The predicted octanol–water partition coefficient (Wildman–Crippen LogP) is -0.0482. The van der Waals surface area contributed by atoms with E-state index in [2.05, 4.69) is 0 Å². The van der Waals surface area contributed by atoms with E-state index in [1.54, 1.807) is 9.80 Å². The average molecular weight is 316 g/mol. The second kappa shape index (κ2) is 8.60. The molecule has 2 rings (SSSR count). The van der Waals surface area contributed by atoms with E-state index in [0.29, 0.717) is 37.8 Å². The van der Waals surface area contributed by atoms with Crippen LogP contribution in [0, 0.1) is 0 Å². The van der Waals surface area contributed by atoms with Gasteiger partial charge >= 0.3 is 0 Å². The summed E-state index contributed by atoms with van der Waals surface area (Å²) in [4.78, 5) is 27.7. The van der Waals surface area contributed by atoms with E-state index in [4.69, 9.17) is 4.74 Å². The summed E-state index contributed by atoms with van der Waals surface area (Å²) in [5.41, 5.74) is 0. The number of carbonyl (C=O) groups is 2. The molecule has 2 fully saturated rings. The minimum atomic E-state index is -0.0400. The molecule has 0 aromatic heterocycles. The van der Waals surface area contributed by atoms with Gasteiger partial charge in [-0.05, 0) is 19.3 Å². The lowest BCUT2D eigenvalue weighted by Gasteiger charge is -2.34. The molecule has 1 atom stereocenters. The summed E-state index contributed by atoms with van der Waals surface area (Å²) < 4.78 is 5.21. The number of aliphatic hydroxyl groups excluding tert-OH is 1. The molecule has 120 valence electrons. The Bertz CT molecular complexity index is 361. The van der Waals surface area contributed by atoms with Gasteiger partial charge in [0.05, 0.1) is 37.4 Å². The van der Waals surface area contributed by atoms with E-state index < -0.39 is 0 Å². The van der Waals surface area contributed by atoms with Crippen LogP contribution in [-0.2, 0) is 14.3 Å². The number of hydrogen-bond donors (Lipinski definition) is 1. The fourth-order valence-electron chi connectivity index (χ4n) is 2.73. The van der Waals surface area contributed by atoms with E-state index >= 15 is 0 Å². The number of amides is 2. The van der Waals surface area contributed by atoms with Crippen molar-refractivity contribution in [3.05, 3.63) is 0 Å². The molecule has 2 heterocycles. The number of aliphatic hydroxyl groups is 1. The fourth-order valence-corrected chi connectivity index (χ4v) is 3.53. The predicted molar refractivity (Wildman–Crippen MR) is 81.2 cm³/mol. The van der Waals surface area contributed by atoms with Gasteiger partial charge in [-0.1, -0.05) is 0 Å². The summed E-state index contributed by atoms with van der Waals surface area (Å²) in [5, 5.41) is 9.32. The molecular weight excluding hydrogens is 292 g/mol. The van der Waals surface area contributed by atoms with Crippen molar-refractivity contribution in [3.63, 3.8) is 0 Å². The fraction of sp³-hybridized carbons (Fsp3) is 0.857. The van der Waals surface area contributed by atoms with Crippen molar-refractivity contribution < 1.29 is 19.4 Å². The quantitative estimate of drug-likeness (QED) is 0.770. The third kappa shape index (κ3) is 4.86. The molecule has 0 radical (unpaired) electrons. The average Bonchev–Trinajstić information content (AvgIpc) is 2.55. The lowest BCUT2D eigenvalue weighted by molar-refractivity contribution is -0.133. The molecule has 7 heteroatoms. The van der Waals surface area contributed by atoms with Gasteiger partial charge < -0.3 is 19.6 Å². The number of nitrogens with zero attached hydrogens (tertiary/aromatic N) is 2. The first-order chi connectivity index (χ1) is 10.2. The first kappa shape index (κ1) is 16.6. The number of carbonyl (C=O) groups excluding carboxylic acids is 2. The summed E-state index contributed by atoms with van der Waals surface area (Å²) in [6.45, 7) is 3.24. The highest BCUT2D eigenvalue weighted by Gasteiger charge is 2.26. The van der Waals surface area contributed by atoms with E-state index in [-0.39, 0.29) is 24.5 Å². The van der Waals surface area contributed by atoms with Gasteiger partial charge in [0, 0.05) is 19.6 Å². The number of piperidine rings is 1. The van der Waals surface area contributed by atoms with Crippen LogP contribution in [0.25, 0.3) is 0 Å². The van der Waals surface area contributed by atoms with E-state index in [1.807, 2.05) is 0 Å². The number of rotatable bonds is 5. The zero-order valence-electron chi connectivity index (χ0n) is 12.3. The lowest BCUT2D eigenvalue weighted by Crippen LogP contribution is -2.46. The van der Waals surface area contributed by atoms with Crippen molar-refractivity contribution >= 4 is 23.6 Å². The van der Waals surface area contributed by atoms with Crippen molar-refractivity contribution in [2.24, 2.45) is 0 Å². The standard InChI is InChI=1S/C14H24N2O4S/c17-9-12-3-1-2-4-16(12)14(19)11-21-10-13(18)15-5-7-20-8-6-15/h12,17H,1-11H2. The minimum Gasteiger partial charge on any atom is -0.394 e. The van der Waals surface area contributed by atoms with Gasteiger partial charge in [0.25, 0.3) is 0 Å². The number of ether oxygens (including phenoxy) is 1. The van der Waals surface area contributed by atoms with Gasteiger partial charge in [0.1, 0.15) is 0 Å². The Morgan fingerprint density at radius 3 is 2.52 bits per heavy atom. The van der Waals surface area contributed by atoms with Crippen molar-refractivity contribution in [1.82, 2.24) is 9.80 Å². The van der Waals surface area contributed by atoms with Crippen LogP contribution in [0.2, 0.25) is 0 Å². The van der Waals surface area contributed by atoms with Crippen LogP contribution in [0.5, 0.6) is 0 Å². The second-order valence-electron chi connectivity index (χ2n) is 5.41. The Morgan fingerprint density at radius 2 is 1.81 bits per heavy atom. The SMILES string of the molecule is O=C(CSCC(=O)N1CCCCC1CO)N1CCOCC1. The Balaban J connectivity index is 1.69. The van der Waals surface area contributed by atoms with Crippen molar-refractivity contribution in [2.75, 3.05) is 51.0 Å². The Hall–Kier alpha value is -0.790. The van der Waals surface area contributed by atoms with Crippen molar-refractivity contribution in [2.45, 2.75) is 25.3 Å². The minimum absolute atomic E-state index is 0.0309. The third-order valence-electron chi connectivity index (χ3n) is 3.97. The monoisotopic (exact) mass is 316 g/mol. The lowest BCUT2D eigenvalue weighted by atomic mass is 10.0. The normalized spacial score (nSPS) is 23.2. The van der Waals surface area contributed by atoms with Crippen LogP contribution in [0.15, 0.2) is 0 Å². The summed E-state index contributed by atoms with van der Waals surface area (Å²) in [5.74, 6) is 0.762. The molecule has 1 N–H and O–H groups in total. The summed E-state index contributed by atoms with van der Waals surface area (Å²) in [7, 11) is 0. The number of hydrogen-bond acceptors (Lipinski definition) is 5. The van der Waals surface area contributed by atoms with Crippen molar-refractivity contribution in [1.29, 1.82) is 0 Å². The molecule has 0 aromatic rings. The van der Waals surface area contributed by atoms with Gasteiger partial charge in [-0.15, -0.1) is 11.8 Å². The molecule has 2 saturated heterocycles.